The minimum absolute atomic E-state index is 0.434. The zero-order valence-electron chi connectivity index (χ0n) is 8.90. The molecule has 4 heteroatoms. The molecule has 0 bridgehead atoms. The summed E-state index contributed by atoms with van der Waals surface area (Å²) in [4.78, 5) is 0. The number of hydrogen-bond donors (Lipinski definition) is 0. The van der Waals surface area contributed by atoms with Gasteiger partial charge in [0, 0.05) is 16.1 Å². The smallest absolute Gasteiger partial charge is 0.0607 e. The zero-order valence-corrected chi connectivity index (χ0v) is 11.9. The molecule has 0 fully saturated rings. The Labute approximate surface area is 120 Å². The maximum absolute atomic E-state index is 6.19. The molecule has 2 aromatic carbocycles. The van der Waals surface area contributed by atoms with E-state index < -0.39 is 0 Å². The zero-order chi connectivity index (χ0) is 12.6. The summed E-state index contributed by atoms with van der Waals surface area (Å²) in [5, 5.41) is 2.07. The first kappa shape index (κ1) is 13.0. The third-order valence-corrected chi connectivity index (χ3v) is 3.77. The molecule has 0 unspecified atom stereocenters. The molecule has 0 aromatic heterocycles. The Morgan fingerprint density at radius 3 is 1.88 bits per heavy atom. The highest BCUT2D eigenvalue weighted by Gasteiger charge is 2.11. The Balaban J connectivity index is 2.64. The number of rotatable bonds is 1. The standard InChI is InChI=1S/C13H8Cl4/c1-7-2-3-8(10(14)4-7)9-5-12(16)13(17)6-11(9)15/h2-6H,1H3. The minimum atomic E-state index is 0.434. The maximum Gasteiger partial charge on any atom is 0.0607 e. The molecule has 0 saturated heterocycles. The summed E-state index contributed by atoms with van der Waals surface area (Å²) in [6.07, 6.45) is 0. The van der Waals surface area contributed by atoms with Gasteiger partial charge in [-0.25, -0.2) is 0 Å². The van der Waals surface area contributed by atoms with E-state index in [0.29, 0.717) is 20.1 Å². The van der Waals surface area contributed by atoms with Gasteiger partial charge in [-0.2, -0.15) is 0 Å². The van der Waals surface area contributed by atoms with E-state index in [1.807, 2.05) is 25.1 Å². The van der Waals surface area contributed by atoms with E-state index in [9.17, 15) is 0 Å². The summed E-state index contributed by atoms with van der Waals surface area (Å²) >= 11 is 24.2. The Hall–Kier alpha value is -0.400. The largest absolute Gasteiger partial charge is 0.0837 e. The van der Waals surface area contributed by atoms with Crippen LogP contribution in [0.1, 0.15) is 5.56 Å². The van der Waals surface area contributed by atoms with E-state index >= 15 is 0 Å². The van der Waals surface area contributed by atoms with Crippen molar-refractivity contribution in [3.8, 4) is 11.1 Å². The molecule has 0 atom stereocenters. The highest BCUT2D eigenvalue weighted by molar-refractivity contribution is 6.44. The first-order chi connectivity index (χ1) is 7.99. The SMILES string of the molecule is Cc1ccc(-c2cc(Cl)c(Cl)cc2Cl)c(Cl)c1. The van der Waals surface area contributed by atoms with Gasteiger partial charge in [0.15, 0.2) is 0 Å². The van der Waals surface area contributed by atoms with Crippen LogP contribution in [0.3, 0.4) is 0 Å². The molecule has 0 N–H and O–H groups in total. The molecule has 2 aromatic rings. The Morgan fingerprint density at radius 2 is 1.24 bits per heavy atom. The molecule has 0 saturated carbocycles. The summed E-state index contributed by atoms with van der Waals surface area (Å²) < 4.78 is 0. The van der Waals surface area contributed by atoms with Gasteiger partial charge >= 0.3 is 0 Å². The second-order valence-corrected chi connectivity index (χ2v) is 5.36. The fraction of sp³-hybridized carbons (Fsp3) is 0.0769. The van der Waals surface area contributed by atoms with Crippen molar-refractivity contribution in [2.75, 3.05) is 0 Å². The molecule has 2 rings (SSSR count). The summed E-state index contributed by atoms with van der Waals surface area (Å²) in [7, 11) is 0. The average molecular weight is 306 g/mol. The number of benzene rings is 2. The molecule has 0 nitrogen and oxygen atoms in total. The van der Waals surface area contributed by atoms with Gasteiger partial charge in [0.1, 0.15) is 0 Å². The Morgan fingerprint density at radius 1 is 0.647 bits per heavy atom. The van der Waals surface area contributed by atoms with E-state index in [2.05, 4.69) is 0 Å². The van der Waals surface area contributed by atoms with Crippen molar-refractivity contribution in [3.63, 3.8) is 0 Å². The van der Waals surface area contributed by atoms with Crippen LogP contribution in [-0.2, 0) is 0 Å². The third-order valence-electron chi connectivity index (χ3n) is 2.42. The van der Waals surface area contributed by atoms with Crippen LogP contribution in [0.4, 0.5) is 0 Å². The molecule has 0 spiro atoms. The quantitative estimate of drug-likeness (QED) is 0.544. The minimum Gasteiger partial charge on any atom is -0.0837 e. The van der Waals surface area contributed by atoms with Crippen molar-refractivity contribution in [2.24, 2.45) is 0 Å². The maximum atomic E-state index is 6.19. The third kappa shape index (κ3) is 2.71. The molecule has 0 aliphatic carbocycles. The van der Waals surface area contributed by atoms with Crippen LogP contribution in [0.5, 0.6) is 0 Å². The first-order valence-corrected chi connectivity index (χ1v) is 6.41. The molecular formula is C13H8Cl4. The summed E-state index contributed by atoms with van der Waals surface area (Å²) in [6.45, 7) is 1.98. The summed E-state index contributed by atoms with van der Waals surface area (Å²) in [5.74, 6) is 0. The van der Waals surface area contributed by atoms with Crippen molar-refractivity contribution in [2.45, 2.75) is 6.92 Å². The van der Waals surface area contributed by atoms with Gasteiger partial charge in [0.25, 0.3) is 0 Å². The highest BCUT2D eigenvalue weighted by atomic mass is 35.5. The molecule has 88 valence electrons. The van der Waals surface area contributed by atoms with Crippen LogP contribution >= 0.6 is 46.4 Å². The van der Waals surface area contributed by atoms with E-state index in [1.165, 1.54) is 0 Å². The average Bonchev–Trinajstić information content (AvgIpc) is 2.24. The van der Waals surface area contributed by atoms with Gasteiger partial charge in [-0.3, -0.25) is 0 Å². The lowest BCUT2D eigenvalue weighted by Gasteiger charge is -2.09. The summed E-state index contributed by atoms with van der Waals surface area (Å²) in [5.41, 5.74) is 2.72. The van der Waals surface area contributed by atoms with Gasteiger partial charge in [0.2, 0.25) is 0 Å². The fourth-order valence-electron chi connectivity index (χ4n) is 1.57. The molecule has 0 heterocycles. The van der Waals surface area contributed by atoms with Crippen LogP contribution in [-0.4, -0.2) is 0 Å². The van der Waals surface area contributed by atoms with Crippen LogP contribution in [0.15, 0.2) is 30.3 Å². The first-order valence-electron chi connectivity index (χ1n) is 4.90. The Kier molecular flexibility index (Phi) is 3.89. The van der Waals surface area contributed by atoms with Crippen molar-refractivity contribution in [1.82, 2.24) is 0 Å². The van der Waals surface area contributed by atoms with Crippen molar-refractivity contribution < 1.29 is 0 Å². The molecule has 0 aliphatic rings. The molecule has 0 amide bonds. The monoisotopic (exact) mass is 304 g/mol. The van der Waals surface area contributed by atoms with E-state index in [-0.39, 0.29) is 0 Å². The fourth-order valence-corrected chi connectivity index (χ4v) is 2.55. The lowest BCUT2D eigenvalue weighted by atomic mass is 10.0. The van der Waals surface area contributed by atoms with E-state index in [4.69, 9.17) is 46.4 Å². The van der Waals surface area contributed by atoms with Crippen LogP contribution in [0, 0.1) is 6.92 Å². The molecule has 17 heavy (non-hydrogen) atoms. The van der Waals surface area contributed by atoms with E-state index in [0.717, 1.165) is 16.7 Å². The number of aryl methyl sites for hydroxylation is 1. The second-order valence-electron chi connectivity index (χ2n) is 3.73. The van der Waals surface area contributed by atoms with E-state index in [1.54, 1.807) is 12.1 Å². The second kappa shape index (κ2) is 5.07. The lowest BCUT2D eigenvalue weighted by Crippen LogP contribution is -1.84. The predicted molar refractivity (Wildman–Crippen MR) is 76.7 cm³/mol. The van der Waals surface area contributed by atoms with Crippen LogP contribution < -0.4 is 0 Å². The van der Waals surface area contributed by atoms with Gasteiger partial charge in [-0.1, -0.05) is 58.5 Å². The number of halogens is 4. The highest BCUT2D eigenvalue weighted by Crippen LogP contribution is 2.38. The normalized spacial score (nSPS) is 10.6. The van der Waals surface area contributed by atoms with Gasteiger partial charge in [0.05, 0.1) is 15.1 Å². The van der Waals surface area contributed by atoms with Gasteiger partial charge in [-0.05, 0) is 30.7 Å². The Bertz CT molecular complexity index is 576. The summed E-state index contributed by atoms with van der Waals surface area (Å²) in [6, 6.07) is 9.12. The van der Waals surface area contributed by atoms with Crippen molar-refractivity contribution in [1.29, 1.82) is 0 Å². The molecule has 0 radical (unpaired) electrons. The molecule has 0 aliphatic heterocycles. The topological polar surface area (TPSA) is 0 Å². The van der Waals surface area contributed by atoms with Crippen LogP contribution in [0.25, 0.3) is 11.1 Å². The molecular weight excluding hydrogens is 298 g/mol. The van der Waals surface area contributed by atoms with Gasteiger partial charge < -0.3 is 0 Å². The van der Waals surface area contributed by atoms with Crippen molar-refractivity contribution in [3.05, 3.63) is 56.0 Å². The van der Waals surface area contributed by atoms with Crippen LogP contribution in [0.2, 0.25) is 20.1 Å². The van der Waals surface area contributed by atoms with Crippen molar-refractivity contribution >= 4 is 46.4 Å². The predicted octanol–water partition coefficient (Wildman–Crippen LogP) is 6.28. The number of hydrogen-bond acceptors (Lipinski definition) is 0. The van der Waals surface area contributed by atoms with Gasteiger partial charge in [-0.15, -0.1) is 0 Å². The lowest BCUT2D eigenvalue weighted by molar-refractivity contribution is 1.47.